The molecule has 0 saturated carbocycles. The minimum Gasteiger partial charge on any atom is -0.443 e. The molecular formula is C17H27N3O3. The lowest BCUT2D eigenvalue weighted by atomic mass is 10.2. The normalized spacial score (nSPS) is 11.0. The Morgan fingerprint density at radius 3 is 2.30 bits per heavy atom. The highest BCUT2D eigenvalue weighted by molar-refractivity contribution is 5.78. The van der Waals surface area contributed by atoms with Gasteiger partial charge >= 0.3 is 12.1 Å². The molecule has 1 aromatic rings. The maximum Gasteiger partial charge on any atom is 0.426 e. The number of carbonyl (C=O) groups is 2. The number of amides is 3. The molecule has 0 aliphatic heterocycles. The molecule has 0 radical (unpaired) electrons. The van der Waals surface area contributed by atoms with Crippen LogP contribution in [0.4, 0.5) is 9.59 Å². The number of nitrogens with zero attached hydrogens (tertiary/aromatic N) is 1. The highest BCUT2D eigenvalue weighted by Crippen LogP contribution is 2.07. The van der Waals surface area contributed by atoms with Crippen molar-refractivity contribution in [3.63, 3.8) is 0 Å². The number of hydrogen-bond donors (Lipinski definition) is 2. The largest absolute Gasteiger partial charge is 0.443 e. The number of rotatable bonds is 4. The van der Waals surface area contributed by atoms with Crippen molar-refractivity contribution in [2.75, 3.05) is 6.54 Å². The lowest BCUT2D eigenvalue weighted by Crippen LogP contribution is -2.52. The van der Waals surface area contributed by atoms with Crippen molar-refractivity contribution < 1.29 is 14.3 Å². The standard InChI is InChI=1S/C17H27N3O3/c1-13(2)12-20(19-16(22)23-17(3,4)5)15(21)18-11-14-9-7-6-8-10-14/h6-10,13H,11-12H2,1-5H3,(H,18,21)(H,19,22). The van der Waals surface area contributed by atoms with E-state index in [1.54, 1.807) is 20.8 Å². The molecule has 3 amide bonds. The van der Waals surface area contributed by atoms with Crippen LogP contribution in [-0.4, -0.2) is 29.3 Å². The van der Waals surface area contributed by atoms with Crippen LogP contribution in [0.5, 0.6) is 0 Å². The SMILES string of the molecule is CC(C)CN(NC(=O)OC(C)(C)C)C(=O)NCc1ccccc1. The highest BCUT2D eigenvalue weighted by atomic mass is 16.6. The number of hydrogen-bond acceptors (Lipinski definition) is 3. The fourth-order valence-electron chi connectivity index (χ4n) is 1.82. The molecule has 1 rings (SSSR count). The average molecular weight is 321 g/mol. The zero-order valence-corrected chi connectivity index (χ0v) is 14.6. The van der Waals surface area contributed by atoms with Gasteiger partial charge in [-0.2, -0.15) is 0 Å². The van der Waals surface area contributed by atoms with Crippen molar-refractivity contribution in [3.05, 3.63) is 35.9 Å². The minimum atomic E-state index is -0.645. The lowest BCUT2D eigenvalue weighted by molar-refractivity contribution is 0.0365. The highest BCUT2D eigenvalue weighted by Gasteiger charge is 2.21. The van der Waals surface area contributed by atoms with E-state index in [1.807, 2.05) is 44.2 Å². The molecule has 0 spiro atoms. The van der Waals surface area contributed by atoms with Crippen molar-refractivity contribution in [2.45, 2.75) is 46.8 Å². The van der Waals surface area contributed by atoms with Crippen molar-refractivity contribution in [1.82, 2.24) is 15.8 Å². The first-order chi connectivity index (χ1) is 10.7. The number of benzene rings is 1. The Morgan fingerprint density at radius 1 is 1.17 bits per heavy atom. The Labute approximate surface area is 138 Å². The predicted molar refractivity (Wildman–Crippen MR) is 89.6 cm³/mol. The first kappa shape index (κ1) is 18.8. The van der Waals surface area contributed by atoms with Gasteiger partial charge in [-0.3, -0.25) is 0 Å². The van der Waals surface area contributed by atoms with Gasteiger partial charge in [0.05, 0.1) is 0 Å². The second-order valence-electron chi connectivity index (χ2n) is 6.76. The Hall–Kier alpha value is -2.24. The third kappa shape index (κ3) is 8.09. The molecule has 0 aromatic heterocycles. The summed E-state index contributed by atoms with van der Waals surface area (Å²) in [4.78, 5) is 24.2. The summed E-state index contributed by atoms with van der Waals surface area (Å²) >= 11 is 0. The van der Waals surface area contributed by atoms with Crippen molar-refractivity contribution >= 4 is 12.1 Å². The van der Waals surface area contributed by atoms with Gasteiger partial charge in [0, 0.05) is 13.1 Å². The van der Waals surface area contributed by atoms with Crippen LogP contribution in [0.1, 0.15) is 40.2 Å². The van der Waals surface area contributed by atoms with Crippen LogP contribution in [0.15, 0.2) is 30.3 Å². The molecule has 0 heterocycles. The molecule has 2 N–H and O–H groups in total. The molecule has 23 heavy (non-hydrogen) atoms. The molecule has 0 fully saturated rings. The fraction of sp³-hybridized carbons (Fsp3) is 0.529. The first-order valence-corrected chi connectivity index (χ1v) is 7.76. The van der Waals surface area contributed by atoms with Gasteiger partial charge in [0.2, 0.25) is 0 Å². The van der Waals surface area contributed by atoms with Crippen molar-refractivity contribution in [2.24, 2.45) is 5.92 Å². The average Bonchev–Trinajstić information content (AvgIpc) is 2.42. The second-order valence-corrected chi connectivity index (χ2v) is 6.76. The number of nitrogens with one attached hydrogen (secondary N) is 2. The van der Waals surface area contributed by atoms with Gasteiger partial charge in [0.1, 0.15) is 5.60 Å². The summed E-state index contributed by atoms with van der Waals surface area (Å²) in [5.41, 5.74) is 2.87. The summed E-state index contributed by atoms with van der Waals surface area (Å²) in [7, 11) is 0. The van der Waals surface area contributed by atoms with Gasteiger partial charge in [-0.25, -0.2) is 20.0 Å². The van der Waals surface area contributed by atoms with Crippen LogP contribution in [0.25, 0.3) is 0 Å². The summed E-state index contributed by atoms with van der Waals surface area (Å²) in [6, 6.07) is 9.22. The third-order valence-electron chi connectivity index (χ3n) is 2.70. The summed E-state index contributed by atoms with van der Waals surface area (Å²) in [6.07, 6.45) is -0.645. The van der Waals surface area contributed by atoms with Crippen LogP contribution in [0, 0.1) is 5.92 Å². The quantitative estimate of drug-likeness (QED) is 0.836. The Morgan fingerprint density at radius 2 is 1.78 bits per heavy atom. The van der Waals surface area contributed by atoms with E-state index in [0.29, 0.717) is 13.1 Å². The molecule has 1 aromatic carbocycles. The zero-order chi connectivity index (χ0) is 17.5. The van der Waals surface area contributed by atoms with Gasteiger partial charge in [0.25, 0.3) is 0 Å². The molecule has 0 aliphatic rings. The lowest BCUT2D eigenvalue weighted by Gasteiger charge is -2.27. The van der Waals surface area contributed by atoms with E-state index in [2.05, 4.69) is 10.7 Å². The fourth-order valence-corrected chi connectivity index (χ4v) is 1.82. The van der Waals surface area contributed by atoms with E-state index in [0.717, 1.165) is 5.56 Å². The smallest absolute Gasteiger partial charge is 0.426 e. The monoisotopic (exact) mass is 321 g/mol. The van der Waals surface area contributed by atoms with Gasteiger partial charge in [-0.15, -0.1) is 0 Å². The second kappa shape index (κ2) is 8.41. The maximum absolute atomic E-state index is 12.3. The summed E-state index contributed by atoms with van der Waals surface area (Å²) in [6.45, 7) is 10.0. The van der Waals surface area contributed by atoms with Gasteiger partial charge in [-0.1, -0.05) is 44.2 Å². The Balaban J connectivity index is 2.61. The molecule has 0 aliphatic carbocycles. The number of hydrazine groups is 1. The molecule has 0 saturated heterocycles. The summed E-state index contributed by atoms with van der Waals surface area (Å²) in [5, 5.41) is 4.04. The van der Waals surface area contributed by atoms with Crippen LogP contribution in [0.2, 0.25) is 0 Å². The minimum absolute atomic E-state index is 0.201. The molecule has 0 atom stereocenters. The first-order valence-electron chi connectivity index (χ1n) is 7.76. The molecule has 6 heteroatoms. The van der Waals surface area contributed by atoms with Gasteiger partial charge < -0.3 is 10.1 Å². The third-order valence-corrected chi connectivity index (χ3v) is 2.70. The van der Waals surface area contributed by atoms with Gasteiger partial charge in [-0.05, 0) is 32.3 Å². The number of carbonyl (C=O) groups excluding carboxylic acids is 2. The molecular weight excluding hydrogens is 294 g/mol. The van der Waals surface area contributed by atoms with E-state index >= 15 is 0 Å². The Bertz CT molecular complexity index is 510. The number of urea groups is 1. The topological polar surface area (TPSA) is 70.7 Å². The van der Waals surface area contributed by atoms with Crippen LogP contribution in [-0.2, 0) is 11.3 Å². The van der Waals surface area contributed by atoms with Crippen molar-refractivity contribution in [3.8, 4) is 0 Å². The van der Waals surface area contributed by atoms with Crippen LogP contribution < -0.4 is 10.7 Å². The van der Waals surface area contributed by atoms with Crippen LogP contribution >= 0.6 is 0 Å². The van der Waals surface area contributed by atoms with E-state index in [1.165, 1.54) is 5.01 Å². The Kier molecular flexibility index (Phi) is 6.88. The van der Waals surface area contributed by atoms with E-state index in [9.17, 15) is 9.59 Å². The summed E-state index contributed by atoms with van der Waals surface area (Å²) < 4.78 is 5.19. The van der Waals surface area contributed by atoms with Crippen molar-refractivity contribution in [1.29, 1.82) is 0 Å². The molecule has 0 bridgehead atoms. The molecule has 6 nitrogen and oxygen atoms in total. The summed E-state index contributed by atoms with van der Waals surface area (Å²) in [5.74, 6) is 0.201. The van der Waals surface area contributed by atoms with E-state index in [4.69, 9.17) is 4.74 Å². The van der Waals surface area contributed by atoms with E-state index < -0.39 is 11.7 Å². The molecule has 0 unspecified atom stereocenters. The number of ether oxygens (including phenoxy) is 1. The van der Waals surface area contributed by atoms with Crippen LogP contribution in [0.3, 0.4) is 0 Å². The van der Waals surface area contributed by atoms with E-state index in [-0.39, 0.29) is 11.9 Å². The predicted octanol–water partition coefficient (Wildman–Crippen LogP) is 3.29. The zero-order valence-electron chi connectivity index (χ0n) is 14.6. The van der Waals surface area contributed by atoms with Gasteiger partial charge in [0.15, 0.2) is 0 Å². The molecule has 128 valence electrons. The maximum atomic E-state index is 12.3.